The maximum Gasteiger partial charge on any atom is 0.159 e. The van der Waals surface area contributed by atoms with Crippen molar-refractivity contribution in [2.24, 2.45) is 5.73 Å². The summed E-state index contributed by atoms with van der Waals surface area (Å²) in [6, 6.07) is 10.7. The Morgan fingerprint density at radius 1 is 1.00 bits per heavy atom. The third-order valence-electron chi connectivity index (χ3n) is 2.75. The van der Waals surface area contributed by atoms with Crippen molar-refractivity contribution in [1.82, 2.24) is 0 Å². The standard InChI is InChI=1S/C14H13F2NO/c15-12-5-4-10(7-13(12)16)9-2-1-3-11(6-9)14(18)8-17/h1-7,14,18H,8,17H2. The van der Waals surface area contributed by atoms with Gasteiger partial charge in [-0.2, -0.15) is 0 Å². The van der Waals surface area contributed by atoms with E-state index in [1.807, 2.05) is 0 Å². The Balaban J connectivity index is 2.41. The molecule has 1 unspecified atom stereocenters. The van der Waals surface area contributed by atoms with Gasteiger partial charge in [0.25, 0.3) is 0 Å². The predicted octanol–water partition coefficient (Wildman–Crippen LogP) is 2.62. The molecule has 0 saturated heterocycles. The van der Waals surface area contributed by atoms with Crippen LogP contribution in [-0.4, -0.2) is 11.7 Å². The summed E-state index contributed by atoms with van der Waals surface area (Å²) in [5.41, 5.74) is 7.29. The second-order valence-electron chi connectivity index (χ2n) is 4.01. The normalized spacial score (nSPS) is 12.4. The summed E-state index contributed by atoms with van der Waals surface area (Å²) >= 11 is 0. The van der Waals surface area contributed by atoms with Crippen LogP contribution in [0, 0.1) is 11.6 Å². The summed E-state index contributed by atoms with van der Waals surface area (Å²) in [5, 5.41) is 9.64. The molecule has 18 heavy (non-hydrogen) atoms. The molecule has 1 atom stereocenters. The van der Waals surface area contributed by atoms with Crippen LogP contribution in [0.3, 0.4) is 0 Å². The summed E-state index contributed by atoms with van der Waals surface area (Å²) in [7, 11) is 0. The van der Waals surface area contributed by atoms with Crippen LogP contribution in [0.2, 0.25) is 0 Å². The Morgan fingerprint density at radius 3 is 2.39 bits per heavy atom. The van der Waals surface area contributed by atoms with Crippen molar-refractivity contribution in [3.8, 4) is 11.1 Å². The molecule has 0 aliphatic carbocycles. The van der Waals surface area contributed by atoms with Crippen LogP contribution in [0.1, 0.15) is 11.7 Å². The minimum Gasteiger partial charge on any atom is -0.387 e. The third kappa shape index (κ3) is 2.55. The van der Waals surface area contributed by atoms with E-state index in [0.717, 1.165) is 12.1 Å². The first-order valence-electron chi connectivity index (χ1n) is 5.55. The maximum atomic E-state index is 13.1. The molecule has 0 spiro atoms. The van der Waals surface area contributed by atoms with Crippen molar-refractivity contribution in [2.75, 3.05) is 6.54 Å². The molecule has 0 radical (unpaired) electrons. The van der Waals surface area contributed by atoms with E-state index in [1.54, 1.807) is 24.3 Å². The van der Waals surface area contributed by atoms with E-state index in [0.29, 0.717) is 16.7 Å². The van der Waals surface area contributed by atoms with Gasteiger partial charge in [0.15, 0.2) is 11.6 Å². The van der Waals surface area contributed by atoms with E-state index in [-0.39, 0.29) is 6.54 Å². The van der Waals surface area contributed by atoms with Crippen molar-refractivity contribution in [1.29, 1.82) is 0 Å². The highest BCUT2D eigenvalue weighted by atomic mass is 19.2. The first kappa shape index (κ1) is 12.7. The number of nitrogens with two attached hydrogens (primary N) is 1. The van der Waals surface area contributed by atoms with Crippen molar-refractivity contribution in [2.45, 2.75) is 6.10 Å². The van der Waals surface area contributed by atoms with E-state index in [4.69, 9.17) is 5.73 Å². The van der Waals surface area contributed by atoms with Crippen LogP contribution in [0.25, 0.3) is 11.1 Å². The molecule has 2 nitrogen and oxygen atoms in total. The van der Waals surface area contributed by atoms with Gasteiger partial charge >= 0.3 is 0 Å². The fourth-order valence-corrected chi connectivity index (χ4v) is 1.74. The molecule has 0 aromatic heterocycles. The molecule has 0 saturated carbocycles. The summed E-state index contributed by atoms with van der Waals surface area (Å²) in [6.45, 7) is 0.112. The van der Waals surface area contributed by atoms with Crippen LogP contribution in [0.5, 0.6) is 0 Å². The molecule has 3 N–H and O–H groups in total. The Kier molecular flexibility index (Phi) is 3.69. The first-order chi connectivity index (χ1) is 8.61. The Labute approximate surface area is 104 Å². The third-order valence-corrected chi connectivity index (χ3v) is 2.75. The summed E-state index contributed by atoms with van der Waals surface area (Å²) in [6.07, 6.45) is -0.754. The highest BCUT2D eigenvalue weighted by Crippen LogP contribution is 2.24. The molecule has 2 rings (SSSR count). The van der Waals surface area contributed by atoms with E-state index >= 15 is 0 Å². The maximum absolute atomic E-state index is 13.1. The van der Waals surface area contributed by atoms with E-state index in [2.05, 4.69) is 0 Å². The molecule has 0 aliphatic rings. The molecule has 0 amide bonds. The average Bonchev–Trinajstić information content (AvgIpc) is 2.41. The lowest BCUT2D eigenvalue weighted by Crippen LogP contribution is -2.11. The molecule has 4 heteroatoms. The number of hydrogen-bond acceptors (Lipinski definition) is 2. The Bertz CT molecular complexity index is 557. The van der Waals surface area contributed by atoms with Crippen LogP contribution in [0.4, 0.5) is 8.78 Å². The number of hydrogen-bond donors (Lipinski definition) is 2. The second kappa shape index (κ2) is 5.25. The van der Waals surface area contributed by atoms with Gasteiger partial charge in [0.2, 0.25) is 0 Å². The summed E-state index contributed by atoms with van der Waals surface area (Å²) in [4.78, 5) is 0. The average molecular weight is 249 g/mol. The second-order valence-corrected chi connectivity index (χ2v) is 4.01. The van der Waals surface area contributed by atoms with Crippen LogP contribution >= 0.6 is 0 Å². The lowest BCUT2D eigenvalue weighted by atomic mass is 10.0. The molecule has 0 fully saturated rings. The SMILES string of the molecule is NCC(O)c1cccc(-c2ccc(F)c(F)c2)c1. The smallest absolute Gasteiger partial charge is 0.159 e. The van der Waals surface area contributed by atoms with Gasteiger partial charge in [-0.1, -0.05) is 24.3 Å². The fourth-order valence-electron chi connectivity index (χ4n) is 1.74. The van der Waals surface area contributed by atoms with E-state index in [1.165, 1.54) is 6.07 Å². The Hall–Kier alpha value is -1.78. The quantitative estimate of drug-likeness (QED) is 0.878. The van der Waals surface area contributed by atoms with E-state index in [9.17, 15) is 13.9 Å². The van der Waals surface area contributed by atoms with Gasteiger partial charge < -0.3 is 10.8 Å². The zero-order chi connectivity index (χ0) is 13.1. The molecule has 0 heterocycles. The monoisotopic (exact) mass is 249 g/mol. The van der Waals surface area contributed by atoms with Crippen molar-refractivity contribution >= 4 is 0 Å². The lowest BCUT2D eigenvalue weighted by molar-refractivity contribution is 0.187. The highest BCUT2D eigenvalue weighted by molar-refractivity contribution is 5.64. The van der Waals surface area contributed by atoms with Gasteiger partial charge in [0.1, 0.15) is 0 Å². The number of rotatable bonds is 3. The first-order valence-corrected chi connectivity index (χ1v) is 5.55. The summed E-state index contributed by atoms with van der Waals surface area (Å²) < 4.78 is 26.0. The zero-order valence-electron chi connectivity index (χ0n) is 9.61. The van der Waals surface area contributed by atoms with Gasteiger partial charge in [-0.25, -0.2) is 8.78 Å². The largest absolute Gasteiger partial charge is 0.387 e. The van der Waals surface area contributed by atoms with Crippen LogP contribution < -0.4 is 5.73 Å². The van der Waals surface area contributed by atoms with Crippen molar-refractivity contribution < 1.29 is 13.9 Å². The molecule has 2 aromatic carbocycles. The molecular formula is C14H13F2NO. The predicted molar refractivity (Wildman–Crippen MR) is 65.8 cm³/mol. The van der Waals surface area contributed by atoms with Gasteiger partial charge in [-0.05, 0) is 34.9 Å². The minimum absolute atomic E-state index is 0.112. The lowest BCUT2D eigenvalue weighted by Gasteiger charge is -2.10. The Morgan fingerprint density at radius 2 is 1.72 bits per heavy atom. The zero-order valence-corrected chi connectivity index (χ0v) is 9.61. The van der Waals surface area contributed by atoms with Gasteiger partial charge in [-0.15, -0.1) is 0 Å². The molecular weight excluding hydrogens is 236 g/mol. The number of aliphatic hydroxyl groups is 1. The van der Waals surface area contributed by atoms with Crippen LogP contribution in [0.15, 0.2) is 42.5 Å². The number of benzene rings is 2. The highest BCUT2D eigenvalue weighted by Gasteiger charge is 2.08. The van der Waals surface area contributed by atoms with Crippen molar-refractivity contribution in [3.63, 3.8) is 0 Å². The molecule has 94 valence electrons. The number of halogens is 2. The van der Waals surface area contributed by atoms with E-state index < -0.39 is 17.7 Å². The molecule has 0 aliphatic heterocycles. The molecule has 0 bridgehead atoms. The van der Waals surface area contributed by atoms with Crippen molar-refractivity contribution in [3.05, 3.63) is 59.7 Å². The molecule has 2 aromatic rings. The van der Waals surface area contributed by atoms with Gasteiger partial charge in [-0.3, -0.25) is 0 Å². The van der Waals surface area contributed by atoms with Gasteiger partial charge in [0, 0.05) is 6.54 Å². The van der Waals surface area contributed by atoms with Gasteiger partial charge in [0.05, 0.1) is 6.10 Å². The van der Waals surface area contributed by atoms with Crippen LogP contribution in [-0.2, 0) is 0 Å². The minimum atomic E-state index is -0.891. The fraction of sp³-hybridized carbons (Fsp3) is 0.143. The summed E-state index contributed by atoms with van der Waals surface area (Å²) in [5.74, 6) is -1.77. The number of aliphatic hydroxyl groups excluding tert-OH is 1. The topological polar surface area (TPSA) is 46.2 Å².